The van der Waals surface area contributed by atoms with E-state index in [0.29, 0.717) is 38.7 Å². The Hall–Kier alpha value is -4.14. The van der Waals surface area contributed by atoms with E-state index in [1.54, 1.807) is 12.1 Å². The number of benzene rings is 4. The molecule has 208 valence electrons. The third kappa shape index (κ3) is 5.88. The molecule has 8 nitrogen and oxygen atoms in total. The molecule has 1 atom stereocenters. The summed E-state index contributed by atoms with van der Waals surface area (Å²) in [7, 11) is 2.95. The van der Waals surface area contributed by atoms with Gasteiger partial charge < -0.3 is 25.6 Å². The molecule has 1 unspecified atom stereocenters. The number of halogens is 1. The molecule has 4 N–H and O–H groups in total. The molecule has 40 heavy (non-hydrogen) atoms. The number of hydrogen-bond acceptors (Lipinski definition) is 7. The van der Waals surface area contributed by atoms with Crippen LogP contribution in [0.25, 0.3) is 10.8 Å². The van der Waals surface area contributed by atoms with E-state index < -0.39 is 11.4 Å². The quantitative estimate of drug-likeness (QED) is 0.169. The molecule has 0 fully saturated rings. The van der Waals surface area contributed by atoms with Crippen LogP contribution < -0.4 is 20.5 Å². The Balaban J connectivity index is 1.70. The van der Waals surface area contributed by atoms with E-state index in [1.165, 1.54) is 20.3 Å². The van der Waals surface area contributed by atoms with Gasteiger partial charge in [0, 0.05) is 17.0 Å². The maximum absolute atomic E-state index is 13.4. The van der Waals surface area contributed by atoms with Gasteiger partial charge >= 0.3 is 0 Å². The van der Waals surface area contributed by atoms with Crippen molar-refractivity contribution in [3.8, 4) is 17.2 Å². The van der Waals surface area contributed by atoms with E-state index >= 15 is 0 Å². The predicted molar refractivity (Wildman–Crippen MR) is 160 cm³/mol. The first kappa shape index (κ1) is 28.9. The fraction of sp³-hybridized carbons (Fsp3) is 0.258. The van der Waals surface area contributed by atoms with Gasteiger partial charge in [0.2, 0.25) is 0 Å². The molecule has 0 aliphatic rings. The summed E-state index contributed by atoms with van der Waals surface area (Å²) in [6.07, 6.45) is 2.69. The first-order valence-corrected chi connectivity index (χ1v) is 13.4. The van der Waals surface area contributed by atoms with Gasteiger partial charge in [-0.3, -0.25) is 4.79 Å². The van der Waals surface area contributed by atoms with Crippen molar-refractivity contribution in [2.45, 2.75) is 38.6 Å². The van der Waals surface area contributed by atoms with Crippen molar-refractivity contribution in [2.75, 3.05) is 19.5 Å². The highest BCUT2D eigenvalue weighted by Gasteiger charge is 2.24. The van der Waals surface area contributed by atoms with Crippen LogP contribution in [-0.2, 0) is 5.54 Å². The lowest BCUT2D eigenvalue weighted by atomic mass is 9.84. The molecule has 4 aromatic rings. The van der Waals surface area contributed by atoms with Crippen molar-refractivity contribution in [1.82, 2.24) is 0 Å². The van der Waals surface area contributed by atoms with Crippen LogP contribution in [-0.4, -0.2) is 25.2 Å². The second-order valence-corrected chi connectivity index (χ2v) is 9.90. The number of methoxy groups -OCH3 is 2. The normalized spacial score (nSPS) is 12.8. The summed E-state index contributed by atoms with van der Waals surface area (Å²) in [5, 5.41) is 24.4. The number of nitrogens with two attached hydrogens (primary N) is 1. The fourth-order valence-corrected chi connectivity index (χ4v) is 4.92. The lowest BCUT2D eigenvalue weighted by Gasteiger charge is -2.28. The van der Waals surface area contributed by atoms with Crippen molar-refractivity contribution < 1.29 is 19.4 Å². The molecule has 0 radical (unpaired) electrons. The number of rotatable bonds is 10. The molecular weight excluding hydrogens is 528 g/mol. The van der Waals surface area contributed by atoms with Crippen LogP contribution in [0.15, 0.2) is 77.0 Å². The number of azo groups is 1. The number of phenolic OH excluding ortho intramolecular Hbond substituents is 1. The Morgan fingerprint density at radius 2 is 1.70 bits per heavy atom. The van der Waals surface area contributed by atoms with Crippen LogP contribution in [0.3, 0.4) is 0 Å². The van der Waals surface area contributed by atoms with Crippen LogP contribution in [0.2, 0.25) is 5.02 Å². The minimum Gasteiger partial charge on any atom is -0.505 e. The number of fused-ring (bicyclic) bond motifs is 1. The summed E-state index contributed by atoms with van der Waals surface area (Å²) >= 11 is 6.26. The molecule has 4 rings (SSSR count). The van der Waals surface area contributed by atoms with E-state index in [1.807, 2.05) is 48.5 Å². The summed E-state index contributed by atoms with van der Waals surface area (Å²) in [6.45, 7) is 4.20. The van der Waals surface area contributed by atoms with Crippen LogP contribution in [0.5, 0.6) is 17.2 Å². The van der Waals surface area contributed by atoms with Crippen molar-refractivity contribution in [1.29, 1.82) is 0 Å². The number of ether oxygens (including phenoxy) is 2. The van der Waals surface area contributed by atoms with E-state index in [0.717, 1.165) is 24.8 Å². The van der Waals surface area contributed by atoms with Gasteiger partial charge in [-0.15, -0.1) is 5.11 Å². The topological polar surface area (TPSA) is 119 Å². The third-order valence-corrected chi connectivity index (χ3v) is 7.29. The zero-order valence-electron chi connectivity index (χ0n) is 23.0. The Morgan fingerprint density at radius 1 is 1.00 bits per heavy atom. The van der Waals surface area contributed by atoms with Crippen LogP contribution in [0.4, 0.5) is 17.1 Å². The number of nitrogens with one attached hydrogen (secondary N) is 1. The number of phenols is 1. The number of aromatic hydroxyl groups is 1. The molecule has 9 heteroatoms. The SMILES string of the molecule is CCCC(N)(CC)c1ccc(/N=N\c2c(O)c(C(=O)Nc3cc(Cl)c(OC)cc3OC)cc3ccccc23)cc1. The highest BCUT2D eigenvalue weighted by Crippen LogP contribution is 2.41. The molecule has 0 aliphatic carbocycles. The first-order valence-electron chi connectivity index (χ1n) is 13.0. The van der Waals surface area contributed by atoms with Gasteiger partial charge in [-0.1, -0.05) is 68.3 Å². The van der Waals surface area contributed by atoms with Crippen molar-refractivity contribution >= 4 is 45.3 Å². The minimum atomic E-state index is -0.571. The van der Waals surface area contributed by atoms with Gasteiger partial charge in [0.25, 0.3) is 5.91 Å². The zero-order chi connectivity index (χ0) is 28.9. The maximum atomic E-state index is 13.4. The smallest absolute Gasteiger partial charge is 0.259 e. The lowest BCUT2D eigenvalue weighted by Crippen LogP contribution is -2.35. The number of hydrogen-bond donors (Lipinski definition) is 3. The predicted octanol–water partition coefficient (Wildman–Crippen LogP) is 8.25. The monoisotopic (exact) mass is 560 g/mol. The number of amides is 1. The molecule has 0 spiro atoms. The molecule has 0 heterocycles. The molecular formula is C31H33ClN4O4. The van der Waals surface area contributed by atoms with Gasteiger partial charge in [-0.25, -0.2) is 0 Å². The molecule has 4 aromatic carbocycles. The molecule has 0 saturated carbocycles. The number of anilines is 1. The molecule has 0 saturated heterocycles. The zero-order valence-corrected chi connectivity index (χ0v) is 23.7. The highest BCUT2D eigenvalue weighted by atomic mass is 35.5. The lowest BCUT2D eigenvalue weighted by molar-refractivity contribution is 0.102. The van der Waals surface area contributed by atoms with Crippen LogP contribution in [0.1, 0.15) is 49.0 Å². The third-order valence-electron chi connectivity index (χ3n) is 7.00. The van der Waals surface area contributed by atoms with Gasteiger partial charge in [0.15, 0.2) is 5.75 Å². The largest absolute Gasteiger partial charge is 0.505 e. The van der Waals surface area contributed by atoms with E-state index in [-0.39, 0.29) is 17.0 Å². The van der Waals surface area contributed by atoms with Gasteiger partial charge in [-0.05, 0) is 48.1 Å². The maximum Gasteiger partial charge on any atom is 0.259 e. The summed E-state index contributed by atoms with van der Waals surface area (Å²) in [5.41, 5.74) is 8.38. The number of nitrogens with zero attached hydrogens (tertiary/aromatic N) is 2. The van der Waals surface area contributed by atoms with Crippen molar-refractivity contribution in [3.05, 3.63) is 82.9 Å². The van der Waals surface area contributed by atoms with E-state index in [9.17, 15) is 9.90 Å². The van der Waals surface area contributed by atoms with Crippen LogP contribution in [0, 0.1) is 0 Å². The molecule has 1 amide bonds. The van der Waals surface area contributed by atoms with Gasteiger partial charge in [0.1, 0.15) is 17.2 Å². The van der Waals surface area contributed by atoms with Gasteiger partial charge in [-0.2, -0.15) is 5.11 Å². The molecule has 0 aromatic heterocycles. The Kier molecular flexibility index (Phi) is 8.92. The van der Waals surface area contributed by atoms with E-state index in [4.69, 9.17) is 26.8 Å². The Labute approximate surface area is 238 Å². The Bertz CT molecular complexity index is 1560. The first-order chi connectivity index (χ1) is 19.2. The van der Waals surface area contributed by atoms with Crippen molar-refractivity contribution in [2.24, 2.45) is 16.0 Å². The summed E-state index contributed by atoms with van der Waals surface area (Å²) in [6, 6.07) is 19.6. The number of carbonyl (C=O) groups excluding carboxylic acids is 1. The fourth-order valence-electron chi connectivity index (χ4n) is 4.68. The summed E-state index contributed by atoms with van der Waals surface area (Å²) in [5.74, 6) is -0.122. The van der Waals surface area contributed by atoms with Gasteiger partial charge in [0.05, 0.1) is 36.2 Å². The molecule has 0 bridgehead atoms. The summed E-state index contributed by atoms with van der Waals surface area (Å²) < 4.78 is 10.6. The second-order valence-electron chi connectivity index (χ2n) is 9.49. The Morgan fingerprint density at radius 3 is 2.35 bits per heavy atom. The van der Waals surface area contributed by atoms with Crippen LogP contribution >= 0.6 is 11.6 Å². The standard InChI is InChI=1S/C31H33ClN4O4/c1-5-15-31(33,6-2)20-11-13-21(14-12-20)35-36-28-22-10-8-7-9-19(22)16-23(29(28)37)30(38)34-25-17-24(32)26(39-3)18-27(25)40-4/h7-14,16-18,37H,5-6,15,33H2,1-4H3,(H,34,38)/b36-35-. The van der Waals surface area contributed by atoms with Crippen molar-refractivity contribution in [3.63, 3.8) is 0 Å². The minimum absolute atomic E-state index is 0.0208. The average Bonchev–Trinajstić information content (AvgIpc) is 2.96. The van der Waals surface area contributed by atoms with E-state index in [2.05, 4.69) is 29.4 Å². The number of carbonyl (C=O) groups is 1. The molecule has 0 aliphatic heterocycles. The second kappa shape index (κ2) is 12.4. The summed E-state index contributed by atoms with van der Waals surface area (Å²) in [4.78, 5) is 13.4. The average molecular weight is 561 g/mol. The highest BCUT2D eigenvalue weighted by molar-refractivity contribution is 6.32.